The summed E-state index contributed by atoms with van der Waals surface area (Å²) in [6.07, 6.45) is 0.863. The predicted molar refractivity (Wildman–Crippen MR) is 100 cm³/mol. The average molecular weight is 355 g/mol. The Labute approximate surface area is 154 Å². The van der Waals surface area contributed by atoms with Gasteiger partial charge in [0.05, 0.1) is 31.9 Å². The van der Waals surface area contributed by atoms with Gasteiger partial charge in [-0.2, -0.15) is 0 Å². The van der Waals surface area contributed by atoms with Gasteiger partial charge in [-0.15, -0.1) is 0 Å². The van der Waals surface area contributed by atoms with E-state index in [1.54, 1.807) is 19.2 Å². The Morgan fingerprint density at radius 2 is 1.81 bits per heavy atom. The molecule has 1 heterocycles. The van der Waals surface area contributed by atoms with Crippen LogP contribution in [0.25, 0.3) is 0 Å². The standard InChI is InChI=1S/C21H25NO4/c1-14(2)20(22-21(23)16-7-4-5-8-17(16)24-3)15-9-10-18-19(13-15)26-12-6-11-25-18/h4-5,7-10,13-14,20H,6,11-12H2,1-3H3,(H,22,23). The van der Waals surface area contributed by atoms with Gasteiger partial charge in [-0.05, 0) is 35.7 Å². The fourth-order valence-electron chi connectivity index (χ4n) is 3.06. The molecular weight excluding hydrogens is 330 g/mol. The van der Waals surface area contributed by atoms with Crippen LogP contribution in [0.1, 0.15) is 42.2 Å². The van der Waals surface area contributed by atoms with Crippen LogP contribution in [0.2, 0.25) is 0 Å². The minimum atomic E-state index is -0.159. The molecule has 0 aliphatic carbocycles. The zero-order valence-electron chi connectivity index (χ0n) is 15.5. The lowest BCUT2D eigenvalue weighted by molar-refractivity contribution is 0.0922. The predicted octanol–water partition coefficient (Wildman–Crippen LogP) is 3.98. The number of ether oxygens (including phenoxy) is 3. The van der Waals surface area contributed by atoms with Crippen LogP contribution >= 0.6 is 0 Å². The van der Waals surface area contributed by atoms with Gasteiger partial charge in [-0.1, -0.05) is 32.0 Å². The summed E-state index contributed by atoms with van der Waals surface area (Å²) in [5.74, 6) is 2.10. The van der Waals surface area contributed by atoms with Gasteiger partial charge < -0.3 is 19.5 Å². The molecule has 5 nitrogen and oxygen atoms in total. The molecular formula is C21H25NO4. The molecule has 0 saturated carbocycles. The number of amides is 1. The van der Waals surface area contributed by atoms with E-state index in [-0.39, 0.29) is 17.9 Å². The molecule has 1 aliphatic rings. The van der Waals surface area contributed by atoms with Gasteiger partial charge in [0.1, 0.15) is 5.75 Å². The number of carbonyl (C=O) groups is 1. The van der Waals surface area contributed by atoms with Crippen LogP contribution in [-0.2, 0) is 0 Å². The number of hydrogen-bond donors (Lipinski definition) is 1. The third-order valence-electron chi connectivity index (χ3n) is 4.44. The molecule has 3 rings (SSSR count). The SMILES string of the molecule is COc1ccccc1C(=O)NC(c1ccc2c(c1)OCCCO2)C(C)C. The van der Waals surface area contributed by atoms with Crippen molar-refractivity contribution in [2.45, 2.75) is 26.3 Å². The van der Waals surface area contributed by atoms with Crippen LogP contribution in [0.5, 0.6) is 17.2 Å². The smallest absolute Gasteiger partial charge is 0.255 e. The van der Waals surface area contributed by atoms with E-state index >= 15 is 0 Å². The first-order valence-electron chi connectivity index (χ1n) is 8.93. The molecule has 0 bridgehead atoms. The summed E-state index contributed by atoms with van der Waals surface area (Å²) in [7, 11) is 1.57. The Morgan fingerprint density at radius 3 is 2.54 bits per heavy atom. The van der Waals surface area contributed by atoms with Crippen LogP contribution in [0.3, 0.4) is 0 Å². The number of nitrogens with one attached hydrogen (secondary N) is 1. The highest BCUT2D eigenvalue weighted by molar-refractivity contribution is 5.97. The van der Waals surface area contributed by atoms with Crippen molar-refractivity contribution in [1.82, 2.24) is 5.32 Å². The molecule has 26 heavy (non-hydrogen) atoms. The second kappa shape index (κ2) is 8.13. The van der Waals surface area contributed by atoms with E-state index in [9.17, 15) is 4.79 Å². The third kappa shape index (κ3) is 3.93. The maximum Gasteiger partial charge on any atom is 0.255 e. The van der Waals surface area contributed by atoms with Gasteiger partial charge >= 0.3 is 0 Å². The molecule has 0 spiro atoms. The van der Waals surface area contributed by atoms with Gasteiger partial charge in [0.25, 0.3) is 5.91 Å². The molecule has 1 atom stereocenters. The number of fused-ring (bicyclic) bond motifs is 1. The minimum absolute atomic E-state index is 0.149. The van der Waals surface area contributed by atoms with E-state index in [0.29, 0.717) is 24.5 Å². The molecule has 2 aromatic rings. The number of rotatable bonds is 5. The van der Waals surface area contributed by atoms with Crippen LogP contribution in [0.15, 0.2) is 42.5 Å². The van der Waals surface area contributed by atoms with Crippen LogP contribution in [0.4, 0.5) is 0 Å². The molecule has 1 amide bonds. The molecule has 1 unspecified atom stereocenters. The first kappa shape index (κ1) is 18.1. The first-order valence-corrected chi connectivity index (χ1v) is 8.93. The number of carbonyl (C=O) groups excluding carboxylic acids is 1. The van der Waals surface area contributed by atoms with E-state index in [4.69, 9.17) is 14.2 Å². The van der Waals surface area contributed by atoms with Gasteiger partial charge in [0.15, 0.2) is 11.5 Å². The average Bonchev–Trinajstić information content (AvgIpc) is 2.90. The summed E-state index contributed by atoms with van der Waals surface area (Å²) < 4.78 is 16.8. The topological polar surface area (TPSA) is 56.8 Å². The van der Waals surface area contributed by atoms with Crippen molar-refractivity contribution in [2.24, 2.45) is 5.92 Å². The minimum Gasteiger partial charge on any atom is -0.496 e. The van der Waals surface area contributed by atoms with Crippen LogP contribution in [0, 0.1) is 5.92 Å². The molecule has 5 heteroatoms. The van der Waals surface area contributed by atoms with Crippen molar-refractivity contribution >= 4 is 5.91 Å². The summed E-state index contributed by atoms with van der Waals surface area (Å²) >= 11 is 0. The monoisotopic (exact) mass is 355 g/mol. The fourth-order valence-corrected chi connectivity index (χ4v) is 3.06. The third-order valence-corrected chi connectivity index (χ3v) is 4.44. The zero-order valence-corrected chi connectivity index (χ0v) is 15.5. The fraction of sp³-hybridized carbons (Fsp3) is 0.381. The number of benzene rings is 2. The number of methoxy groups -OCH3 is 1. The molecule has 0 saturated heterocycles. The summed E-state index contributed by atoms with van der Waals surface area (Å²) in [5, 5.41) is 3.13. The Morgan fingerprint density at radius 1 is 1.08 bits per heavy atom. The normalized spacial score (nSPS) is 14.5. The lowest BCUT2D eigenvalue weighted by Gasteiger charge is -2.24. The Kier molecular flexibility index (Phi) is 5.66. The summed E-state index contributed by atoms with van der Waals surface area (Å²) in [6, 6.07) is 12.9. The highest BCUT2D eigenvalue weighted by Gasteiger charge is 2.23. The van der Waals surface area contributed by atoms with Crippen LogP contribution < -0.4 is 19.5 Å². The molecule has 0 radical (unpaired) electrons. The highest BCUT2D eigenvalue weighted by atomic mass is 16.5. The Hall–Kier alpha value is -2.69. The van der Waals surface area contributed by atoms with Crippen molar-refractivity contribution in [3.63, 3.8) is 0 Å². The Balaban J connectivity index is 1.86. The second-order valence-corrected chi connectivity index (χ2v) is 6.65. The summed E-state index contributed by atoms with van der Waals surface area (Å²) in [4.78, 5) is 12.8. The van der Waals surface area contributed by atoms with Gasteiger partial charge in [-0.25, -0.2) is 0 Å². The molecule has 138 valence electrons. The van der Waals surface area contributed by atoms with Crippen LogP contribution in [-0.4, -0.2) is 26.2 Å². The second-order valence-electron chi connectivity index (χ2n) is 6.65. The Bertz CT molecular complexity index is 772. The molecule has 2 aromatic carbocycles. The number of hydrogen-bond acceptors (Lipinski definition) is 4. The summed E-state index contributed by atoms with van der Waals surface area (Å²) in [5.41, 5.74) is 1.52. The van der Waals surface area contributed by atoms with Crippen molar-refractivity contribution in [2.75, 3.05) is 20.3 Å². The quantitative estimate of drug-likeness (QED) is 0.881. The zero-order chi connectivity index (χ0) is 18.5. The van der Waals surface area contributed by atoms with E-state index in [2.05, 4.69) is 19.2 Å². The lowest BCUT2D eigenvalue weighted by Crippen LogP contribution is -2.32. The highest BCUT2D eigenvalue weighted by Crippen LogP contribution is 2.34. The van der Waals surface area contributed by atoms with E-state index < -0.39 is 0 Å². The largest absolute Gasteiger partial charge is 0.496 e. The van der Waals surface area contributed by atoms with E-state index in [1.165, 1.54) is 0 Å². The first-order chi connectivity index (χ1) is 12.6. The van der Waals surface area contributed by atoms with Crippen molar-refractivity contribution in [3.8, 4) is 17.2 Å². The van der Waals surface area contributed by atoms with Crippen molar-refractivity contribution in [3.05, 3.63) is 53.6 Å². The maximum atomic E-state index is 12.8. The van der Waals surface area contributed by atoms with E-state index in [1.807, 2.05) is 30.3 Å². The van der Waals surface area contributed by atoms with Gasteiger partial charge in [-0.3, -0.25) is 4.79 Å². The van der Waals surface area contributed by atoms with Gasteiger partial charge in [0.2, 0.25) is 0 Å². The molecule has 0 fully saturated rings. The molecule has 1 N–H and O–H groups in total. The van der Waals surface area contributed by atoms with Gasteiger partial charge in [0, 0.05) is 6.42 Å². The van der Waals surface area contributed by atoms with Crippen molar-refractivity contribution in [1.29, 1.82) is 0 Å². The summed E-state index contributed by atoms with van der Waals surface area (Å²) in [6.45, 7) is 5.45. The molecule has 0 aromatic heterocycles. The molecule has 1 aliphatic heterocycles. The lowest BCUT2D eigenvalue weighted by atomic mass is 9.95. The van der Waals surface area contributed by atoms with Crippen molar-refractivity contribution < 1.29 is 19.0 Å². The maximum absolute atomic E-state index is 12.8. The van der Waals surface area contributed by atoms with E-state index in [0.717, 1.165) is 23.5 Å². The number of para-hydroxylation sites is 1.